The van der Waals surface area contributed by atoms with Crippen LogP contribution in [-0.4, -0.2) is 29.7 Å². The van der Waals surface area contributed by atoms with E-state index in [2.05, 4.69) is 30.6 Å². The lowest BCUT2D eigenvalue weighted by atomic mass is 9.88. The first-order chi connectivity index (χ1) is 10.1. The molecule has 114 valence electrons. The van der Waals surface area contributed by atoms with Crippen molar-refractivity contribution in [2.24, 2.45) is 11.8 Å². The van der Waals surface area contributed by atoms with E-state index in [4.69, 9.17) is 5.11 Å². The summed E-state index contributed by atoms with van der Waals surface area (Å²) < 4.78 is 13.4. The van der Waals surface area contributed by atoms with Gasteiger partial charge in [0, 0.05) is 25.1 Å². The number of likely N-dealkylation sites (tertiary alicyclic amines) is 1. The topological polar surface area (TPSA) is 23.5 Å². The van der Waals surface area contributed by atoms with Gasteiger partial charge in [0.05, 0.1) is 6.61 Å². The highest BCUT2D eigenvalue weighted by atomic mass is 19.1. The highest BCUT2D eigenvalue weighted by molar-refractivity contribution is 5.41. The first-order valence-electron chi connectivity index (χ1n) is 7.70. The quantitative estimate of drug-likeness (QED) is 0.865. The fraction of sp³-hybridized carbons (Fsp3) is 0.556. The van der Waals surface area contributed by atoms with Crippen LogP contribution in [0, 0.1) is 29.5 Å². The molecule has 0 saturated carbocycles. The highest BCUT2D eigenvalue weighted by Gasteiger charge is 2.22. The van der Waals surface area contributed by atoms with Gasteiger partial charge in [-0.2, -0.15) is 0 Å². The van der Waals surface area contributed by atoms with Crippen LogP contribution in [0.4, 0.5) is 4.39 Å². The van der Waals surface area contributed by atoms with Crippen molar-refractivity contribution < 1.29 is 9.50 Å². The molecule has 0 aromatic heterocycles. The van der Waals surface area contributed by atoms with Crippen molar-refractivity contribution in [1.29, 1.82) is 0 Å². The average molecular weight is 289 g/mol. The van der Waals surface area contributed by atoms with Gasteiger partial charge in [0.15, 0.2) is 0 Å². The van der Waals surface area contributed by atoms with Gasteiger partial charge in [-0.05, 0) is 42.5 Å². The van der Waals surface area contributed by atoms with Gasteiger partial charge in [-0.25, -0.2) is 4.39 Å². The van der Waals surface area contributed by atoms with Crippen LogP contribution in [0.3, 0.4) is 0 Å². The molecule has 1 fully saturated rings. The lowest BCUT2D eigenvalue weighted by Gasteiger charge is -2.35. The van der Waals surface area contributed by atoms with E-state index in [0.29, 0.717) is 12.3 Å². The summed E-state index contributed by atoms with van der Waals surface area (Å²) in [4.78, 5) is 2.43. The Bertz CT molecular complexity index is 532. The smallest absolute Gasteiger partial charge is 0.124 e. The molecular formula is C18H24FNO. The molecule has 1 aromatic carbocycles. The van der Waals surface area contributed by atoms with Crippen LogP contribution in [0.15, 0.2) is 18.2 Å². The zero-order valence-electron chi connectivity index (χ0n) is 12.9. The van der Waals surface area contributed by atoms with Gasteiger partial charge in [0.1, 0.15) is 5.82 Å². The van der Waals surface area contributed by atoms with Crippen molar-refractivity contribution in [2.75, 3.05) is 19.7 Å². The standard InChI is InChI=1S/C18H24FNO/c1-14-8-9-20(12-15(14)2)13-17-6-7-18(19)11-16(17)5-3-4-10-21/h6-7,11,14-15,21H,4,8-10,12-13H2,1-2H3. The van der Waals surface area contributed by atoms with Crippen LogP contribution < -0.4 is 0 Å². The maximum atomic E-state index is 13.4. The summed E-state index contributed by atoms with van der Waals surface area (Å²) in [6.07, 6.45) is 1.64. The third-order valence-corrected chi connectivity index (χ3v) is 4.34. The number of aliphatic hydroxyl groups is 1. The molecule has 0 amide bonds. The fourth-order valence-corrected chi connectivity index (χ4v) is 2.75. The van der Waals surface area contributed by atoms with Crippen LogP contribution in [-0.2, 0) is 6.54 Å². The predicted molar refractivity (Wildman–Crippen MR) is 83.2 cm³/mol. The number of piperidine rings is 1. The molecule has 21 heavy (non-hydrogen) atoms. The maximum Gasteiger partial charge on any atom is 0.124 e. The van der Waals surface area contributed by atoms with Gasteiger partial charge in [-0.1, -0.05) is 31.8 Å². The highest BCUT2D eigenvalue weighted by Crippen LogP contribution is 2.24. The second kappa shape index (κ2) is 7.59. The summed E-state index contributed by atoms with van der Waals surface area (Å²) in [7, 11) is 0. The molecular weight excluding hydrogens is 265 g/mol. The fourth-order valence-electron chi connectivity index (χ4n) is 2.75. The van der Waals surface area contributed by atoms with Crippen molar-refractivity contribution in [3.05, 3.63) is 35.1 Å². The second-order valence-electron chi connectivity index (χ2n) is 6.06. The van der Waals surface area contributed by atoms with E-state index < -0.39 is 0 Å². The van der Waals surface area contributed by atoms with E-state index in [-0.39, 0.29) is 12.4 Å². The van der Waals surface area contributed by atoms with Gasteiger partial charge >= 0.3 is 0 Å². The minimum absolute atomic E-state index is 0.0409. The molecule has 1 N–H and O–H groups in total. The molecule has 1 heterocycles. The lowest BCUT2D eigenvalue weighted by molar-refractivity contribution is 0.132. The maximum absolute atomic E-state index is 13.4. The summed E-state index contributed by atoms with van der Waals surface area (Å²) >= 11 is 0. The number of benzene rings is 1. The zero-order valence-corrected chi connectivity index (χ0v) is 12.9. The van der Waals surface area contributed by atoms with E-state index in [1.807, 2.05) is 6.07 Å². The van der Waals surface area contributed by atoms with Crippen LogP contribution in [0.2, 0.25) is 0 Å². The molecule has 2 atom stereocenters. The molecule has 1 aromatic rings. The zero-order chi connectivity index (χ0) is 15.2. The van der Waals surface area contributed by atoms with Gasteiger partial charge in [0.2, 0.25) is 0 Å². The SMILES string of the molecule is CC1CCN(Cc2ccc(F)cc2C#CCCO)CC1C. The van der Waals surface area contributed by atoms with Crippen molar-refractivity contribution >= 4 is 0 Å². The van der Waals surface area contributed by atoms with Crippen molar-refractivity contribution in [1.82, 2.24) is 4.90 Å². The first kappa shape index (κ1) is 16.0. The lowest BCUT2D eigenvalue weighted by Crippen LogP contribution is -2.38. The van der Waals surface area contributed by atoms with E-state index in [1.165, 1.54) is 18.6 Å². The van der Waals surface area contributed by atoms with Gasteiger partial charge < -0.3 is 5.11 Å². The summed E-state index contributed by atoms with van der Waals surface area (Å²) in [6.45, 7) is 7.64. The summed E-state index contributed by atoms with van der Waals surface area (Å²) in [5.74, 6) is 7.09. The Balaban J connectivity index is 2.11. The van der Waals surface area contributed by atoms with E-state index in [1.54, 1.807) is 0 Å². The molecule has 1 aliphatic rings. The molecule has 0 bridgehead atoms. The minimum Gasteiger partial charge on any atom is -0.395 e. The van der Waals surface area contributed by atoms with Gasteiger partial charge in [0.25, 0.3) is 0 Å². The van der Waals surface area contributed by atoms with Crippen LogP contribution in [0.25, 0.3) is 0 Å². The number of nitrogens with zero attached hydrogens (tertiary/aromatic N) is 1. The van der Waals surface area contributed by atoms with Gasteiger partial charge in [-0.3, -0.25) is 4.90 Å². The molecule has 3 heteroatoms. The molecule has 2 rings (SSSR count). The van der Waals surface area contributed by atoms with E-state index in [0.717, 1.165) is 36.7 Å². The molecule has 1 saturated heterocycles. The average Bonchev–Trinajstić information content (AvgIpc) is 2.46. The number of rotatable bonds is 3. The number of aliphatic hydroxyl groups excluding tert-OH is 1. The normalized spacial score (nSPS) is 22.7. The van der Waals surface area contributed by atoms with E-state index >= 15 is 0 Å². The number of hydrogen-bond donors (Lipinski definition) is 1. The Hall–Kier alpha value is -1.37. The second-order valence-corrected chi connectivity index (χ2v) is 6.06. The third kappa shape index (κ3) is 4.56. The molecule has 1 aliphatic heterocycles. The molecule has 0 radical (unpaired) electrons. The van der Waals surface area contributed by atoms with Crippen LogP contribution >= 0.6 is 0 Å². The molecule has 2 unspecified atom stereocenters. The number of halogens is 1. The Kier molecular flexibility index (Phi) is 5.78. The Labute approximate surface area is 127 Å². The molecule has 0 spiro atoms. The van der Waals surface area contributed by atoms with Crippen LogP contribution in [0.5, 0.6) is 0 Å². The predicted octanol–water partition coefficient (Wildman–Crippen LogP) is 3.04. The van der Waals surface area contributed by atoms with E-state index in [9.17, 15) is 4.39 Å². The monoisotopic (exact) mass is 289 g/mol. The largest absolute Gasteiger partial charge is 0.395 e. The third-order valence-electron chi connectivity index (χ3n) is 4.34. The number of hydrogen-bond acceptors (Lipinski definition) is 2. The van der Waals surface area contributed by atoms with Crippen molar-refractivity contribution in [2.45, 2.75) is 33.2 Å². The Morgan fingerprint density at radius 2 is 2.14 bits per heavy atom. The van der Waals surface area contributed by atoms with Crippen molar-refractivity contribution in [3.8, 4) is 11.8 Å². The first-order valence-corrected chi connectivity index (χ1v) is 7.70. The summed E-state index contributed by atoms with van der Waals surface area (Å²) in [6, 6.07) is 4.83. The summed E-state index contributed by atoms with van der Waals surface area (Å²) in [5.41, 5.74) is 1.82. The Morgan fingerprint density at radius 1 is 1.33 bits per heavy atom. The Morgan fingerprint density at radius 3 is 2.86 bits per heavy atom. The van der Waals surface area contributed by atoms with Gasteiger partial charge in [-0.15, -0.1) is 0 Å². The molecule has 0 aliphatic carbocycles. The van der Waals surface area contributed by atoms with Crippen LogP contribution in [0.1, 0.15) is 37.8 Å². The summed E-state index contributed by atoms with van der Waals surface area (Å²) in [5, 5.41) is 8.80. The van der Waals surface area contributed by atoms with Crippen molar-refractivity contribution in [3.63, 3.8) is 0 Å². The minimum atomic E-state index is -0.257. The molecule has 2 nitrogen and oxygen atoms in total.